The van der Waals surface area contributed by atoms with E-state index in [1.165, 1.54) is 0 Å². The van der Waals surface area contributed by atoms with Crippen molar-refractivity contribution >= 4 is 29.1 Å². The van der Waals surface area contributed by atoms with E-state index < -0.39 is 0 Å². The molecule has 0 radical (unpaired) electrons. The number of fused-ring (bicyclic) bond motifs is 1. The summed E-state index contributed by atoms with van der Waals surface area (Å²) in [5.41, 5.74) is 1.78. The van der Waals surface area contributed by atoms with E-state index in [9.17, 15) is 9.59 Å². The molecule has 0 saturated heterocycles. The molecule has 0 atom stereocenters. The standard InChI is InChI=1S/C17H22ClN3O3/c1-4-9-20(10-8-15(22)24-5-2)17(23)16-12(3)19-14-7-6-13(18)11-21(14)16/h6-7,11H,4-5,8-10H2,1-3H3. The van der Waals surface area contributed by atoms with E-state index >= 15 is 0 Å². The van der Waals surface area contributed by atoms with E-state index in [1.807, 2.05) is 6.92 Å². The normalized spacial score (nSPS) is 10.8. The summed E-state index contributed by atoms with van der Waals surface area (Å²) in [5.74, 6) is -0.460. The Hall–Kier alpha value is -2.08. The zero-order valence-corrected chi connectivity index (χ0v) is 15.0. The van der Waals surface area contributed by atoms with Crippen LogP contribution < -0.4 is 0 Å². The lowest BCUT2D eigenvalue weighted by Crippen LogP contribution is -2.35. The first kappa shape index (κ1) is 18.3. The Balaban J connectivity index is 2.27. The Kier molecular flexibility index (Phi) is 6.20. The van der Waals surface area contributed by atoms with E-state index in [1.54, 1.807) is 41.5 Å². The van der Waals surface area contributed by atoms with Gasteiger partial charge in [0.1, 0.15) is 11.3 Å². The number of imidazole rings is 1. The van der Waals surface area contributed by atoms with E-state index in [0.29, 0.717) is 41.8 Å². The number of carbonyl (C=O) groups is 2. The quantitative estimate of drug-likeness (QED) is 0.719. The molecule has 2 heterocycles. The number of aryl methyl sites for hydroxylation is 1. The highest BCUT2D eigenvalue weighted by Gasteiger charge is 2.23. The Labute approximate surface area is 146 Å². The molecule has 24 heavy (non-hydrogen) atoms. The maximum atomic E-state index is 13.0. The van der Waals surface area contributed by atoms with Gasteiger partial charge in [0.2, 0.25) is 0 Å². The topological polar surface area (TPSA) is 63.9 Å². The van der Waals surface area contributed by atoms with Gasteiger partial charge in [0.25, 0.3) is 5.91 Å². The van der Waals surface area contributed by atoms with Gasteiger partial charge in [0.15, 0.2) is 0 Å². The van der Waals surface area contributed by atoms with E-state index in [-0.39, 0.29) is 18.3 Å². The number of pyridine rings is 1. The number of rotatable bonds is 7. The van der Waals surface area contributed by atoms with Gasteiger partial charge in [0, 0.05) is 19.3 Å². The lowest BCUT2D eigenvalue weighted by Gasteiger charge is -2.22. The van der Waals surface area contributed by atoms with Crippen LogP contribution in [0.1, 0.15) is 42.9 Å². The number of amides is 1. The van der Waals surface area contributed by atoms with Crippen LogP contribution in [0.3, 0.4) is 0 Å². The fourth-order valence-corrected chi connectivity index (χ4v) is 2.75. The highest BCUT2D eigenvalue weighted by Crippen LogP contribution is 2.18. The van der Waals surface area contributed by atoms with Crippen molar-refractivity contribution < 1.29 is 14.3 Å². The molecular formula is C17H22ClN3O3. The molecule has 0 saturated carbocycles. The third-order valence-electron chi connectivity index (χ3n) is 3.63. The molecule has 7 heteroatoms. The maximum absolute atomic E-state index is 13.0. The molecule has 6 nitrogen and oxygen atoms in total. The minimum atomic E-state index is -0.302. The fraction of sp³-hybridized carbons (Fsp3) is 0.471. The smallest absolute Gasteiger partial charge is 0.307 e. The highest BCUT2D eigenvalue weighted by atomic mass is 35.5. The SMILES string of the molecule is CCCN(CCC(=O)OCC)C(=O)c1c(C)nc2ccc(Cl)cn12. The van der Waals surface area contributed by atoms with Crippen molar-refractivity contribution in [3.63, 3.8) is 0 Å². The number of hydrogen-bond donors (Lipinski definition) is 0. The fourth-order valence-electron chi connectivity index (χ4n) is 2.59. The Morgan fingerprint density at radius 1 is 1.29 bits per heavy atom. The number of esters is 1. The van der Waals surface area contributed by atoms with Crippen LogP contribution in [0.5, 0.6) is 0 Å². The molecule has 0 unspecified atom stereocenters. The van der Waals surface area contributed by atoms with Gasteiger partial charge in [-0.1, -0.05) is 18.5 Å². The molecule has 2 aromatic heterocycles. The van der Waals surface area contributed by atoms with E-state index in [4.69, 9.17) is 16.3 Å². The molecule has 1 amide bonds. The molecule has 130 valence electrons. The number of carbonyl (C=O) groups excluding carboxylic acids is 2. The monoisotopic (exact) mass is 351 g/mol. The van der Waals surface area contributed by atoms with Crippen molar-refractivity contribution in [1.29, 1.82) is 0 Å². The van der Waals surface area contributed by atoms with Gasteiger partial charge in [-0.3, -0.25) is 14.0 Å². The Morgan fingerprint density at radius 2 is 2.04 bits per heavy atom. The lowest BCUT2D eigenvalue weighted by molar-refractivity contribution is -0.143. The molecule has 0 fully saturated rings. The second-order valence-corrected chi connectivity index (χ2v) is 5.90. The maximum Gasteiger partial charge on any atom is 0.307 e. The van der Waals surface area contributed by atoms with Crippen LogP contribution in [0.25, 0.3) is 5.65 Å². The summed E-state index contributed by atoms with van der Waals surface area (Å²) in [4.78, 5) is 30.6. The van der Waals surface area contributed by atoms with Gasteiger partial charge in [-0.15, -0.1) is 0 Å². The third kappa shape index (κ3) is 4.06. The van der Waals surface area contributed by atoms with Crippen molar-refractivity contribution in [2.75, 3.05) is 19.7 Å². The van der Waals surface area contributed by atoms with Crippen LogP contribution in [0.4, 0.5) is 0 Å². The van der Waals surface area contributed by atoms with Crippen LogP contribution in [-0.4, -0.2) is 45.9 Å². The Morgan fingerprint density at radius 3 is 2.71 bits per heavy atom. The average Bonchev–Trinajstić information content (AvgIpc) is 2.86. The zero-order valence-electron chi connectivity index (χ0n) is 14.2. The third-order valence-corrected chi connectivity index (χ3v) is 3.85. The summed E-state index contributed by atoms with van der Waals surface area (Å²) in [5, 5.41) is 0.530. The second kappa shape index (κ2) is 8.15. The first-order valence-electron chi connectivity index (χ1n) is 8.07. The number of halogens is 1. The van der Waals surface area contributed by atoms with Crippen LogP contribution >= 0.6 is 11.6 Å². The van der Waals surface area contributed by atoms with Gasteiger partial charge >= 0.3 is 5.97 Å². The molecule has 0 N–H and O–H groups in total. The van der Waals surface area contributed by atoms with Crippen molar-refractivity contribution in [3.05, 3.63) is 34.7 Å². The average molecular weight is 352 g/mol. The van der Waals surface area contributed by atoms with Gasteiger partial charge < -0.3 is 9.64 Å². The summed E-state index contributed by atoms with van der Waals surface area (Å²) < 4.78 is 6.64. The number of hydrogen-bond acceptors (Lipinski definition) is 4. The molecular weight excluding hydrogens is 330 g/mol. The van der Waals surface area contributed by atoms with Crippen LogP contribution in [0.15, 0.2) is 18.3 Å². The molecule has 0 aromatic carbocycles. The van der Waals surface area contributed by atoms with Gasteiger partial charge in [-0.25, -0.2) is 4.98 Å². The van der Waals surface area contributed by atoms with E-state index in [0.717, 1.165) is 6.42 Å². The predicted octanol–water partition coefficient (Wildman–Crippen LogP) is 3.10. The summed E-state index contributed by atoms with van der Waals surface area (Å²) in [6.07, 6.45) is 2.65. The molecule has 0 spiro atoms. The van der Waals surface area contributed by atoms with Crippen molar-refractivity contribution in [2.24, 2.45) is 0 Å². The largest absolute Gasteiger partial charge is 0.466 e. The van der Waals surface area contributed by atoms with Crippen molar-refractivity contribution in [3.8, 4) is 0 Å². The number of ether oxygens (including phenoxy) is 1. The van der Waals surface area contributed by atoms with Crippen LogP contribution in [-0.2, 0) is 9.53 Å². The van der Waals surface area contributed by atoms with Crippen molar-refractivity contribution in [2.45, 2.75) is 33.6 Å². The van der Waals surface area contributed by atoms with E-state index in [2.05, 4.69) is 4.98 Å². The Bertz CT molecular complexity index is 742. The minimum absolute atomic E-state index is 0.159. The first-order chi connectivity index (χ1) is 11.5. The van der Waals surface area contributed by atoms with Gasteiger partial charge in [0.05, 0.1) is 23.7 Å². The summed E-state index contributed by atoms with van der Waals surface area (Å²) in [7, 11) is 0. The van der Waals surface area contributed by atoms with Crippen LogP contribution in [0, 0.1) is 6.92 Å². The minimum Gasteiger partial charge on any atom is -0.466 e. The molecule has 0 aliphatic carbocycles. The summed E-state index contributed by atoms with van der Waals surface area (Å²) in [6.45, 7) is 6.76. The molecule has 0 aliphatic heterocycles. The van der Waals surface area contributed by atoms with Gasteiger partial charge in [-0.2, -0.15) is 0 Å². The zero-order chi connectivity index (χ0) is 17.7. The number of aromatic nitrogens is 2. The molecule has 0 bridgehead atoms. The summed E-state index contributed by atoms with van der Waals surface area (Å²) >= 11 is 6.05. The lowest BCUT2D eigenvalue weighted by atomic mass is 10.2. The van der Waals surface area contributed by atoms with Crippen LogP contribution in [0.2, 0.25) is 5.02 Å². The molecule has 0 aliphatic rings. The highest BCUT2D eigenvalue weighted by molar-refractivity contribution is 6.30. The summed E-state index contributed by atoms with van der Waals surface area (Å²) in [6, 6.07) is 3.51. The van der Waals surface area contributed by atoms with Gasteiger partial charge in [-0.05, 0) is 32.4 Å². The predicted molar refractivity (Wildman–Crippen MR) is 92.4 cm³/mol. The molecule has 2 rings (SSSR count). The number of nitrogens with zero attached hydrogens (tertiary/aromatic N) is 3. The molecule has 2 aromatic rings. The first-order valence-corrected chi connectivity index (χ1v) is 8.44. The second-order valence-electron chi connectivity index (χ2n) is 5.47. The van der Waals surface area contributed by atoms with Crippen molar-refractivity contribution in [1.82, 2.24) is 14.3 Å².